The van der Waals surface area contributed by atoms with Crippen molar-refractivity contribution in [1.82, 2.24) is 0 Å². The van der Waals surface area contributed by atoms with Crippen molar-refractivity contribution in [3.05, 3.63) is 35.6 Å². The van der Waals surface area contributed by atoms with Crippen LogP contribution in [0.3, 0.4) is 0 Å². The largest absolute Gasteiger partial charge is 0.459 e. The molecule has 0 fully saturated rings. The average Bonchev–Trinajstić information content (AvgIpc) is 2.69. The zero-order valence-electron chi connectivity index (χ0n) is 11.0. The molecule has 2 atom stereocenters. The maximum atomic E-state index is 6.25. The van der Waals surface area contributed by atoms with Crippen LogP contribution < -0.4 is 5.73 Å². The van der Waals surface area contributed by atoms with E-state index in [9.17, 15) is 0 Å². The molecule has 0 spiro atoms. The van der Waals surface area contributed by atoms with Crippen molar-refractivity contribution in [3.8, 4) is 0 Å². The molecule has 1 aromatic heterocycles. The van der Waals surface area contributed by atoms with E-state index in [1.54, 1.807) is 0 Å². The van der Waals surface area contributed by atoms with Crippen molar-refractivity contribution < 1.29 is 4.42 Å². The summed E-state index contributed by atoms with van der Waals surface area (Å²) in [7, 11) is 0. The molecule has 0 aliphatic rings. The molecule has 2 unspecified atom stereocenters. The summed E-state index contributed by atoms with van der Waals surface area (Å²) in [5.74, 6) is 1.86. The Hall–Kier alpha value is -1.28. The number of furan rings is 1. The van der Waals surface area contributed by atoms with Crippen molar-refractivity contribution in [2.45, 2.75) is 33.7 Å². The Bertz CT molecular complexity index is 513. The molecule has 1 heterocycles. The second-order valence-electron chi connectivity index (χ2n) is 5.32. The first-order valence-corrected chi connectivity index (χ1v) is 6.24. The molecule has 2 heteroatoms. The minimum Gasteiger partial charge on any atom is -0.459 e. The Kier molecular flexibility index (Phi) is 3.25. The second kappa shape index (κ2) is 4.53. The number of hydrogen-bond donors (Lipinski definition) is 1. The molecule has 0 bridgehead atoms. The van der Waals surface area contributed by atoms with Crippen LogP contribution in [0.1, 0.15) is 38.1 Å². The summed E-state index contributed by atoms with van der Waals surface area (Å²) in [6.45, 7) is 8.64. The van der Waals surface area contributed by atoms with Gasteiger partial charge in [0.15, 0.2) is 0 Å². The van der Waals surface area contributed by atoms with Gasteiger partial charge in [0.2, 0.25) is 0 Å². The number of fused-ring (bicyclic) bond motifs is 1. The molecule has 0 aliphatic carbocycles. The highest BCUT2D eigenvalue weighted by Gasteiger charge is 2.21. The lowest BCUT2D eigenvalue weighted by molar-refractivity contribution is 0.317. The molecule has 0 radical (unpaired) electrons. The summed E-state index contributed by atoms with van der Waals surface area (Å²) in [5, 5.41) is 1.14. The SMILES string of the molecule is Cc1ccc2oc(C(N)C(C)C(C)C)cc2c1. The third-order valence-corrected chi connectivity index (χ3v) is 3.64. The maximum absolute atomic E-state index is 6.25. The molecule has 2 nitrogen and oxygen atoms in total. The van der Waals surface area contributed by atoms with E-state index >= 15 is 0 Å². The molecule has 17 heavy (non-hydrogen) atoms. The van der Waals surface area contributed by atoms with E-state index in [0.717, 1.165) is 16.7 Å². The van der Waals surface area contributed by atoms with E-state index in [-0.39, 0.29) is 6.04 Å². The number of rotatable bonds is 3. The third kappa shape index (κ3) is 2.37. The first-order valence-electron chi connectivity index (χ1n) is 6.24. The van der Waals surface area contributed by atoms with Crippen LogP contribution >= 0.6 is 0 Å². The van der Waals surface area contributed by atoms with Crippen molar-refractivity contribution in [3.63, 3.8) is 0 Å². The molecular weight excluding hydrogens is 210 g/mol. The Labute approximate surface area is 103 Å². The summed E-state index contributed by atoms with van der Waals surface area (Å²) < 4.78 is 5.83. The van der Waals surface area contributed by atoms with Crippen LogP contribution in [0.4, 0.5) is 0 Å². The Morgan fingerprint density at radius 1 is 1.12 bits per heavy atom. The highest BCUT2D eigenvalue weighted by atomic mass is 16.3. The molecular formula is C15H21NO. The van der Waals surface area contributed by atoms with Crippen molar-refractivity contribution in [2.75, 3.05) is 0 Å². The fraction of sp³-hybridized carbons (Fsp3) is 0.467. The molecule has 0 saturated heterocycles. The predicted molar refractivity (Wildman–Crippen MR) is 71.9 cm³/mol. The zero-order chi connectivity index (χ0) is 12.6. The van der Waals surface area contributed by atoms with Gasteiger partial charge in [-0.15, -0.1) is 0 Å². The highest BCUT2D eigenvalue weighted by Crippen LogP contribution is 2.30. The molecule has 2 N–H and O–H groups in total. The van der Waals surface area contributed by atoms with E-state index in [1.807, 2.05) is 6.07 Å². The normalized spacial score (nSPS) is 15.4. The van der Waals surface area contributed by atoms with Crippen LogP contribution in [0, 0.1) is 18.8 Å². The lowest BCUT2D eigenvalue weighted by Crippen LogP contribution is -2.22. The molecule has 2 aromatic rings. The maximum Gasteiger partial charge on any atom is 0.134 e. The van der Waals surface area contributed by atoms with Gasteiger partial charge in [-0.3, -0.25) is 0 Å². The fourth-order valence-electron chi connectivity index (χ4n) is 2.02. The van der Waals surface area contributed by atoms with Gasteiger partial charge in [0.25, 0.3) is 0 Å². The van der Waals surface area contributed by atoms with E-state index in [0.29, 0.717) is 11.8 Å². The molecule has 92 valence electrons. The molecule has 1 aromatic carbocycles. The van der Waals surface area contributed by atoms with Crippen LogP contribution in [0.25, 0.3) is 11.0 Å². The molecule has 2 rings (SSSR count). The van der Waals surface area contributed by atoms with Crippen LogP contribution in [0.5, 0.6) is 0 Å². The first kappa shape index (κ1) is 12.2. The smallest absolute Gasteiger partial charge is 0.134 e. The van der Waals surface area contributed by atoms with Crippen LogP contribution in [-0.2, 0) is 0 Å². The Morgan fingerprint density at radius 3 is 2.47 bits per heavy atom. The molecule has 0 amide bonds. The van der Waals surface area contributed by atoms with Gasteiger partial charge in [0.05, 0.1) is 6.04 Å². The second-order valence-corrected chi connectivity index (χ2v) is 5.32. The molecule has 0 saturated carbocycles. The van der Waals surface area contributed by atoms with Gasteiger partial charge in [-0.05, 0) is 37.0 Å². The number of nitrogens with two attached hydrogens (primary N) is 1. The predicted octanol–water partition coefficient (Wildman–Crippen LogP) is 4.03. The number of aryl methyl sites for hydroxylation is 1. The number of benzene rings is 1. The highest BCUT2D eigenvalue weighted by molar-refractivity contribution is 5.78. The minimum atomic E-state index is -0.0253. The quantitative estimate of drug-likeness (QED) is 0.866. The summed E-state index contributed by atoms with van der Waals surface area (Å²) in [6.07, 6.45) is 0. The summed E-state index contributed by atoms with van der Waals surface area (Å²) in [4.78, 5) is 0. The van der Waals surface area contributed by atoms with Crippen LogP contribution in [-0.4, -0.2) is 0 Å². The summed E-state index contributed by atoms with van der Waals surface area (Å²) >= 11 is 0. The Balaban J connectivity index is 2.36. The van der Waals surface area contributed by atoms with E-state index in [4.69, 9.17) is 10.2 Å². The van der Waals surface area contributed by atoms with E-state index in [2.05, 4.69) is 45.9 Å². The van der Waals surface area contributed by atoms with Gasteiger partial charge in [-0.2, -0.15) is 0 Å². The van der Waals surface area contributed by atoms with Gasteiger partial charge >= 0.3 is 0 Å². The van der Waals surface area contributed by atoms with E-state index in [1.165, 1.54) is 5.56 Å². The van der Waals surface area contributed by atoms with Gasteiger partial charge < -0.3 is 10.2 Å². The van der Waals surface area contributed by atoms with Gasteiger partial charge in [-0.1, -0.05) is 32.4 Å². The number of hydrogen-bond acceptors (Lipinski definition) is 2. The molecule has 0 aliphatic heterocycles. The standard InChI is InChI=1S/C15H21NO/c1-9(2)11(4)15(16)14-8-12-7-10(3)5-6-13(12)17-14/h5-9,11,15H,16H2,1-4H3. The topological polar surface area (TPSA) is 39.2 Å². The summed E-state index contributed by atoms with van der Waals surface area (Å²) in [5.41, 5.74) is 8.42. The monoisotopic (exact) mass is 231 g/mol. The van der Waals surface area contributed by atoms with Crippen molar-refractivity contribution in [1.29, 1.82) is 0 Å². The first-order chi connectivity index (χ1) is 7.99. The van der Waals surface area contributed by atoms with Crippen molar-refractivity contribution >= 4 is 11.0 Å². The van der Waals surface area contributed by atoms with Gasteiger partial charge in [-0.25, -0.2) is 0 Å². The van der Waals surface area contributed by atoms with E-state index < -0.39 is 0 Å². The van der Waals surface area contributed by atoms with Crippen LogP contribution in [0.15, 0.2) is 28.7 Å². The van der Waals surface area contributed by atoms with Gasteiger partial charge in [0, 0.05) is 5.39 Å². The van der Waals surface area contributed by atoms with Gasteiger partial charge in [0.1, 0.15) is 11.3 Å². The Morgan fingerprint density at radius 2 is 1.82 bits per heavy atom. The lowest BCUT2D eigenvalue weighted by Gasteiger charge is -2.21. The zero-order valence-corrected chi connectivity index (χ0v) is 11.0. The summed E-state index contributed by atoms with van der Waals surface area (Å²) in [6, 6.07) is 8.26. The van der Waals surface area contributed by atoms with Crippen molar-refractivity contribution in [2.24, 2.45) is 17.6 Å². The van der Waals surface area contributed by atoms with Crippen LogP contribution in [0.2, 0.25) is 0 Å². The average molecular weight is 231 g/mol. The fourth-order valence-corrected chi connectivity index (χ4v) is 2.02. The third-order valence-electron chi connectivity index (χ3n) is 3.64. The minimum absolute atomic E-state index is 0.0253. The lowest BCUT2D eigenvalue weighted by atomic mass is 9.89.